The molecule has 1 aromatic heterocycles. The van der Waals surface area contributed by atoms with E-state index in [1.807, 2.05) is 24.3 Å². The van der Waals surface area contributed by atoms with Crippen LogP contribution in [-0.2, 0) is 5.75 Å². The van der Waals surface area contributed by atoms with E-state index < -0.39 is 0 Å². The van der Waals surface area contributed by atoms with Crippen molar-refractivity contribution >= 4 is 35.0 Å². The van der Waals surface area contributed by atoms with E-state index in [2.05, 4.69) is 21.8 Å². The van der Waals surface area contributed by atoms with Gasteiger partial charge in [0.15, 0.2) is 5.82 Å². The molecule has 4 N–H and O–H groups in total. The molecule has 5 nitrogen and oxygen atoms in total. The molecule has 0 radical (unpaired) electrons. The highest BCUT2D eigenvalue weighted by molar-refractivity contribution is 7.98. The first kappa shape index (κ1) is 17.3. The van der Waals surface area contributed by atoms with Crippen molar-refractivity contribution in [2.24, 2.45) is 5.73 Å². The van der Waals surface area contributed by atoms with Gasteiger partial charge in [-0.15, -0.1) is 0 Å². The second kappa shape index (κ2) is 7.17. The Morgan fingerprint density at radius 3 is 2.67 bits per heavy atom. The summed E-state index contributed by atoms with van der Waals surface area (Å²) < 4.78 is 0. The Morgan fingerprint density at radius 2 is 2.00 bits per heavy atom. The monoisotopic (exact) mass is 363 g/mol. The summed E-state index contributed by atoms with van der Waals surface area (Å²) in [7, 11) is 0. The topological polar surface area (TPSA) is 81.1 Å². The van der Waals surface area contributed by atoms with Gasteiger partial charge < -0.3 is 16.4 Å². The molecule has 128 valence electrons. The van der Waals surface area contributed by atoms with E-state index in [9.17, 15) is 0 Å². The number of aromatic nitrogens is 2. The van der Waals surface area contributed by atoms with Gasteiger partial charge in [0.1, 0.15) is 10.8 Å². The maximum absolute atomic E-state index is 6.18. The highest BCUT2D eigenvalue weighted by Gasteiger charge is 2.26. The van der Waals surface area contributed by atoms with E-state index in [0.717, 1.165) is 47.4 Å². The Balaban J connectivity index is 1.66. The first-order valence-corrected chi connectivity index (χ1v) is 9.33. The minimum Gasteiger partial charge on any atom is -0.381 e. The number of nitrogen functional groups attached to an aromatic ring is 1. The first-order valence-electron chi connectivity index (χ1n) is 7.97. The van der Waals surface area contributed by atoms with Gasteiger partial charge in [-0.25, -0.2) is 9.97 Å². The van der Waals surface area contributed by atoms with Gasteiger partial charge in [0.25, 0.3) is 0 Å². The van der Waals surface area contributed by atoms with Crippen LogP contribution in [0.25, 0.3) is 0 Å². The number of thioether (sulfide) groups is 1. The first-order chi connectivity index (χ1) is 11.4. The van der Waals surface area contributed by atoms with Gasteiger partial charge in [-0.2, -0.15) is 0 Å². The van der Waals surface area contributed by atoms with Crippen molar-refractivity contribution in [3.63, 3.8) is 0 Å². The van der Waals surface area contributed by atoms with Gasteiger partial charge in [0, 0.05) is 29.4 Å². The number of hydrogen-bond acceptors (Lipinski definition) is 6. The lowest BCUT2D eigenvalue weighted by Gasteiger charge is -2.37. The van der Waals surface area contributed by atoms with E-state index in [1.165, 1.54) is 0 Å². The Bertz CT molecular complexity index is 712. The molecular formula is C17H22ClN5S. The summed E-state index contributed by atoms with van der Waals surface area (Å²) in [5, 5.41) is 1.49. The number of nitrogens with zero attached hydrogens (tertiary/aromatic N) is 3. The smallest absolute Gasteiger partial charge is 0.158 e. The second-order valence-electron chi connectivity index (χ2n) is 6.44. The highest BCUT2D eigenvalue weighted by Crippen LogP contribution is 2.30. The van der Waals surface area contributed by atoms with Crippen LogP contribution in [0, 0.1) is 0 Å². The van der Waals surface area contributed by atoms with Gasteiger partial charge >= 0.3 is 0 Å². The minimum absolute atomic E-state index is 0.0831. The normalized spacial score (nSPS) is 17.0. The van der Waals surface area contributed by atoms with Crippen LogP contribution in [0.15, 0.2) is 35.5 Å². The predicted octanol–water partition coefficient (Wildman–Crippen LogP) is 3.32. The number of nitrogens with two attached hydrogens (primary N) is 2. The van der Waals surface area contributed by atoms with Gasteiger partial charge in [0.2, 0.25) is 0 Å². The average Bonchev–Trinajstić information content (AvgIpc) is 2.55. The Labute approximate surface area is 151 Å². The molecule has 2 heterocycles. The van der Waals surface area contributed by atoms with E-state index in [4.69, 9.17) is 23.1 Å². The molecule has 0 spiro atoms. The summed E-state index contributed by atoms with van der Waals surface area (Å²) in [4.78, 5) is 11.2. The van der Waals surface area contributed by atoms with Crippen LogP contribution in [0.2, 0.25) is 5.02 Å². The van der Waals surface area contributed by atoms with Crippen molar-refractivity contribution in [3.8, 4) is 0 Å². The molecule has 1 fully saturated rings. The third-order valence-electron chi connectivity index (χ3n) is 4.30. The molecule has 3 rings (SSSR count). The van der Waals surface area contributed by atoms with Crippen molar-refractivity contribution < 1.29 is 0 Å². The Kier molecular flexibility index (Phi) is 5.18. The van der Waals surface area contributed by atoms with Crippen LogP contribution in [0.1, 0.15) is 25.3 Å². The molecule has 7 heteroatoms. The van der Waals surface area contributed by atoms with Crippen LogP contribution in [0.5, 0.6) is 0 Å². The number of halogens is 1. The SMILES string of the molecule is CC1(N)CCN(c2cnc(SCc3ccccc3Cl)c(N)n2)CC1. The Morgan fingerprint density at radius 1 is 1.29 bits per heavy atom. The fourth-order valence-electron chi connectivity index (χ4n) is 2.65. The lowest BCUT2D eigenvalue weighted by atomic mass is 9.91. The summed E-state index contributed by atoms with van der Waals surface area (Å²) in [6, 6.07) is 7.79. The van der Waals surface area contributed by atoms with Crippen LogP contribution < -0.4 is 16.4 Å². The molecule has 0 saturated carbocycles. The summed E-state index contributed by atoms with van der Waals surface area (Å²) >= 11 is 7.73. The van der Waals surface area contributed by atoms with Crippen molar-refractivity contribution in [3.05, 3.63) is 41.0 Å². The van der Waals surface area contributed by atoms with Gasteiger partial charge in [-0.05, 0) is 31.4 Å². The Hall–Kier alpha value is -1.50. The van der Waals surface area contributed by atoms with Crippen molar-refractivity contribution in [2.75, 3.05) is 23.7 Å². The fourth-order valence-corrected chi connectivity index (χ4v) is 3.80. The van der Waals surface area contributed by atoms with E-state index >= 15 is 0 Å². The second-order valence-corrected chi connectivity index (χ2v) is 7.81. The number of benzene rings is 1. The minimum atomic E-state index is -0.0831. The number of anilines is 2. The molecule has 1 aliphatic rings. The summed E-state index contributed by atoms with van der Waals surface area (Å²) in [5.41, 5.74) is 13.3. The number of rotatable bonds is 4. The molecule has 0 unspecified atom stereocenters. The number of hydrogen-bond donors (Lipinski definition) is 2. The van der Waals surface area contributed by atoms with Crippen LogP contribution in [0.4, 0.5) is 11.6 Å². The van der Waals surface area contributed by atoms with E-state index in [0.29, 0.717) is 11.6 Å². The van der Waals surface area contributed by atoms with Gasteiger partial charge in [0.05, 0.1) is 6.20 Å². The van der Waals surface area contributed by atoms with Crippen molar-refractivity contribution in [1.29, 1.82) is 0 Å². The molecular weight excluding hydrogens is 342 g/mol. The number of piperidine rings is 1. The fraction of sp³-hybridized carbons (Fsp3) is 0.412. The standard InChI is InChI=1S/C17H22ClN5S/c1-17(20)6-8-23(9-7-17)14-10-21-16(15(19)22-14)24-11-12-4-2-3-5-13(12)18/h2-5,10H,6-9,11,20H2,1H3,(H2,19,22). The van der Waals surface area contributed by atoms with Gasteiger partial charge in [-0.1, -0.05) is 41.6 Å². The zero-order valence-electron chi connectivity index (χ0n) is 13.7. The van der Waals surface area contributed by atoms with E-state index in [-0.39, 0.29) is 5.54 Å². The van der Waals surface area contributed by atoms with Crippen molar-refractivity contribution in [2.45, 2.75) is 36.1 Å². The molecule has 1 saturated heterocycles. The third kappa shape index (κ3) is 4.12. The molecule has 1 aliphatic heterocycles. The van der Waals surface area contributed by atoms with Crippen LogP contribution in [0.3, 0.4) is 0 Å². The van der Waals surface area contributed by atoms with Crippen molar-refractivity contribution in [1.82, 2.24) is 9.97 Å². The maximum atomic E-state index is 6.18. The van der Waals surface area contributed by atoms with Gasteiger partial charge in [-0.3, -0.25) is 0 Å². The molecule has 0 atom stereocenters. The molecule has 0 aliphatic carbocycles. The van der Waals surface area contributed by atoms with Crippen LogP contribution >= 0.6 is 23.4 Å². The van der Waals surface area contributed by atoms with Crippen LogP contribution in [-0.4, -0.2) is 28.6 Å². The molecule has 24 heavy (non-hydrogen) atoms. The third-order valence-corrected chi connectivity index (χ3v) is 5.72. The quantitative estimate of drug-likeness (QED) is 0.811. The lowest BCUT2D eigenvalue weighted by Crippen LogP contribution is -2.48. The summed E-state index contributed by atoms with van der Waals surface area (Å²) in [5.74, 6) is 2.00. The highest BCUT2D eigenvalue weighted by atomic mass is 35.5. The molecule has 2 aromatic rings. The maximum Gasteiger partial charge on any atom is 0.158 e. The average molecular weight is 364 g/mol. The van der Waals surface area contributed by atoms with E-state index in [1.54, 1.807) is 18.0 Å². The predicted molar refractivity (Wildman–Crippen MR) is 101 cm³/mol. The summed E-state index contributed by atoms with van der Waals surface area (Å²) in [6.07, 6.45) is 3.68. The zero-order chi connectivity index (χ0) is 17.2. The largest absolute Gasteiger partial charge is 0.381 e. The molecule has 0 bridgehead atoms. The zero-order valence-corrected chi connectivity index (χ0v) is 15.3. The summed E-state index contributed by atoms with van der Waals surface area (Å²) in [6.45, 7) is 3.86. The molecule has 0 amide bonds. The lowest BCUT2D eigenvalue weighted by molar-refractivity contribution is 0.363. The molecule has 1 aromatic carbocycles.